The molecule has 0 saturated heterocycles. The Hall–Kier alpha value is -1.23. The van der Waals surface area contributed by atoms with Crippen molar-refractivity contribution >= 4 is 11.3 Å². The Morgan fingerprint density at radius 1 is 1.33 bits per heavy atom. The molecule has 3 rings (SSSR count). The molecule has 1 aliphatic carbocycles. The van der Waals surface area contributed by atoms with Gasteiger partial charge in [0.05, 0.1) is 6.04 Å². The van der Waals surface area contributed by atoms with Crippen LogP contribution in [0.2, 0.25) is 0 Å². The van der Waals surface area contributed by atoms with Crippen molar-refractivity contribution in [3.8, 4) is 0 Å². The van der Waals surface area contributed by atoms with E-state index in [1.807, 2.05) is 23.6 Å². The van der Waals surface area contributed by atoms with Gasteiger partial charge in [-0.05, 0) is 48.9 Å². The number of hydrogen-bond acceptors (Lipinski definition) is 4. The summed E-state index contributed by atoms with van der Waals surface area (Å²) in [6, 6.07) is 6.40. The summed E-state index contributed by atoms with van der Waals surface area (Å²) in [5.74, 6) is 5.72. The highest BCUT2D eigenvalue weighted by Gasteiger charge is 2.19. The number of rotatable bonds is 3. The summed E-state index contributed by atoms with van der Waals surface area (Å²) in [6.07, 6.45) is 8.75. The fourth-order valence-corrected chi connectivity index (χ4v) is 3.89. The minimum Gasteiger partial charge on any atom is -0.271 e. The molecule has 1 aliphatic rings. The fourth-order valence-electron chi connectivity index (χ4n) is 2.55. The van der Waals surface area contributed by atoms with Gasteiger partial charge in [-0.25, -0.2) is 5.43 Å². The largest absolute Gasteiger partial charge is 0.271 e. The first-order valence-electron chi connectivity index (χ1n) is 6.36. The number of pyridine rings is 1. The molecule has 1 atom stereocenters. The molecule has 4 heteroatoms. The molecule has 0 spiro atoms. The third-order valence-electron chi connectivity index (χ3n) is 3.48. The maximum absolute atomic E-state index is 5.72. The summed E-state index contributed by atoms with van der Waals surface area (Å²) in [4.78, 5) is 7.02. The van der Waals surface area contributed by atoms with Crippen molar-refractivity contribution in [3.05, 3.63) is 51.5 Å². The number of hydrogen-bond donors (Lipinski definition) is 2. The second-order valence-electron chi connectivity index (χ2n) is 4.69. The second-order valence-corrected chi connectivity index (χ2v) is 5.86. The number of thiophene rings is 1. The molecule has 1 unspecified atom stereocenters. The SMILES string of the molecule is NNC(c1cccnc1)c1cc2c(s1)CCCC2. The molecule has 94 valence electrons. The predicted octanol–water partition coefficient (Wildman–Crippen LogP) is 2.57. The van der Waals surface area contributed by atoms with Crippen LogP contribution in [0.25, 0.3) is 0 Å². The summed E-state index contributed by atoms with van der Waals surface area (Å²) in [7, 11) is 0. The van der Waals surface area contributed by atoms with Crippen LogP contribution in [0.15, 0.2) is 30.6 Å². The molecule has 3 nitrogen and oxygen atoms in total. The van der Waals surface area contributed by atoms with Gasteiger partial charge in [-0.3, -0.25) is 10.8 Å². The Kier molecular flexibility index (Phi) is 3.41. The van der Waals surface area contributed by atoms with Crippen LogP contribution in [-0.2, 0) is 12.8 Å². The average Bonchev–Trinajstić information content (AvgIpc) is 2.84. The van der Waals surface area contributed by atoms with Gasteiger partial charge < -0.3 is 0 Å². The lowest BCUT2D eigenvalue weighted by molar-refractivity contribution is 0.643. The molecule has 0 amide bonds. The zero-order chi connectivity index (χ0) is 12.4. The van der Waals surface area contributed by atoms with Crippen molar-refractivity contribution < 1.29 is 0 Å². The van der Waals surface area contributed by atoms with E-state index in [4.69, 9.17) is 5.84 Å². The maximum Gasteiger partial charge on any atom is 0.0817 e. The highest BCUT2D eigenvalue weighted by atomic mass is 32.1. The summed E-state index contributed by atoms with van der Waals surface area (Å²) >= 11 is 1.89. The Labute approximate surface area is 111 Å². The molecule has 2 heterocycles. The van der Waals surface area contributed by atoms with Gasteiger partial charge in [-0.15, -0.1) is 11.3 Å². The Bertz CT molecular complexity index is 498. The van der Waals surface area contributed by atoms with Crippen molar-refractivity contribution in [1.29, 1.82) is 0 Å². The molecule has 0 fully saturated rings. The monoisotopic (exact) mass is 259 g/mol. The number of nitrogens with zero attached hydrogens (tertiary/aromatic N) is 1. The number of hydrazine groups is 1. The first-order chi connectivity index (χ1) is 8.88. The van der Waals surface area contributed by atoms with Crippen LogP contribution in [0, 0.1) is 0 Å². The fraction of sp³-hybridized carbons (Fsp3) is 0.357. The smallest absolute Gasteiger partial charge is 0.0817 e. The Morgan fingerprint density at radius 2 is 2.22 bits per heavy atom. The third-order valence-corrected chi connectivity index (χ3v) is 4.79. The predicted molar refractivity (Wildman–Crippen MR) is 74.4 cm³/mol. The second kappa shape index (κ2) is 5.18. The van der Waals surface area contributed by atoms with E-state index in [0.717, 1.165) is 5.56 Å². The molecular weight excluding hydrogens is 242 g/mol. The zero-order valence-corrected chi connectivity index (χ0v) is 11.0. The molecule has 0 bridgehead atoms. The van der Waals surface area contributed by atoms with Gasteiger partial charge in [0.25, 0.3) is 0 Å². The lowest BCUT2D eigenvalue weighted by atomic mass is 9.98. The lowest BCUT2D eigenvalue weighted by Crippen LogP contribution is -2.28. The first-order valence-corrected chi connectivity index (χ1v) is 7.17. The van der Waals surface area contributed by atoms with Crippen molar-refractivity contribution in [3.63, 3.8) is 0 Å². The Balaban J connectivity index is 1.94. The van der Waals surface area contributed by atoms with Crippen LogP contribution in [0.3, 0.4) is 0 Å². The number of nitrogens with one attached hydrogen (secondary N) is 1. The molecule has 18 heavy (non-hydrogen) atoms. The van der Waals surface area contributed by atoms with Gasteiger partial charge in [0, 0.05) is 22.1 Å². The van der Waals surface area contributed by atoms with E-state index in [0.29, 0.717) is 0 Å². The van der Waals surface area contributed by atoms with E-state index in [2.05, 4.69) is 22.5 Å². The molecule has 0 radical (unpaired) electrons. The topological polar surface area (TPSA) is 50.9 Å². The quantitative estimate of drug-likeness (QED) is 0.658. The van der Waals surface area contributed by atoms with Crippen LogP contribution < -0.4 is 11.3 Å². The van der Waals surface area contributed by atoms with Crippen LogP contribution in [0.5, 0.6) is 0 Å². The van der Waals surface area contributed by atoms with E-state index in [1.165, 1.54) is 36.1 Å². The highest BCUT2D eigenvalue weighted by Crippen LogP contribution is 2.34. The van der Waals surface area contributed by atoms with Crippen molar-refractivity contribution in [2.45, 2.75) is 31.7 Å². The van der Waals surface area contributed by atoms with Gasteiger partial charge >= 0.3 is 0 Å². The number of nitrogens with two attached hydrogens (primary N) is 1. The molecule has 2 aromatic rings. The lowest BCUT2D eigenvalue weighted by Gasteiger charge is -2.13. The van der Waals surface area contributed by atoms with Crippen molar-refractivity contribution in [2.24, 2.45) is 5.84 Å². The van der Waals surface area contributed by atoms with Crippen LogP contribution in [-0.4, -0.2) is 4.98 Å². The standard InChI is InChI=1S/C14H17N3S/c15-17-14(11-5-3-7-16-9-11)13-8-10-4-1-2-6-12(10)18-13/h3,5,7-9,14,17H,1-2,4,6,15H2. The van der Waals surface area contributed by atoms with E-state index in [1.54, 1.807) is 11.1 Å². The number of aromatic nitrogens is 1. The molecule has 0 aliphatic heterocycles. The van der Waals surface area contributed by atoms with E-state index < -0.39 is 0 Å². The Morgan fingerprint density at radius 3 is 2.94 bits per heavy atom. The van der Waals surface area contributed by atoms with Gasteiger partial charge in [-0.1, -0.05) is 6.07 Å². The third kappa shape index (κ3) is 2.19. The summed E-state index contributed by atoms with van der Waals surface area (Å²) in [5.41, 5.74) is 5.56. The van der Waals surface area contributed by atoms with E-state index >= 15 is 0 Å². The number of fused-ring (bicyclic) bond motifs is 1. The summed E-state index contributed by atoms with van der Waals surface area (Å²) < 4.78 is 0. The number of aryl methyl sites for hydroxylation is 2. The molecular formula is C14H17N3S. The van der Waals surface area contributed by atoms with Crippen LogP contribution >= 0.6 is 11.3 Å². The maximum atomic E-state index is 5.72. The van der Waals surface area contributed by atoms with Gasteiger partial charge in [-0.2, -0.15) is 0 Å². The van der Waals surface area contributed by atoms with Crippen molar-refractivity contribution in [2.75, 3.05) is 0 Å². The van der Waals surface area contributed by atoms with Gasteiger partial charge in [0.2, 0.25) is 0 Å². The average molecular weight is 259 g/mol. The minimum atomic E-state index is 0.0642. The first kappa shape index (κ1) is 11.8. The zero-order valence-electron chi connectivity index (χ0n) is 10.2. The van der Waals surface area contributed by atoms with E-state index in [9.17, 15) is 0 Å². The van der Waals surface area contributed by atoms with E-state index in [-0.39, 0.29) is 6.04 Å². The highest BCUT2D eigenvalue weighted by molar-refractivity contribution is 7.12. The normalized spacial score (nSPS) is 16.3. The van der Waals surface area contributed by atoms with Crippen LogP contribution in [0.1, 0.15) is 39.8 Å². The minimum absolute atomic E-state index is 0.0642. The summed E-state index contributed by atoms with van der Waals surface area (Å²) in [5, 5.41) is 0. The van der Waals surface area contributed by atoms with Crippen LogP contribution in [0.4, 0.5) is 0 Å². The van der Waals surface area contributed by atoms with Gasteiger partial charge in [0.15, 0.2) is 0 Å². The molecule has 3 N–H and O–H groups in total. The van der Waals surface area contributed by atoms with Crippen molar-refractivity contribution in [1.82, 2.24) is 10.4 Å². The van der Waals surface area contributed by atoms with Gasteiger partial charge in [0.1, 0.15) is 0 Å². The molecule has 2 aromatic heterocycles. The molecule has 0 saturated carbocycles. The summed E-state index contributed by atoms with van der Waals surface area (Å²) in [6.45, 7) is 0. The molecule has 0 aromatic carbocycles.